The predicted octanol–water partition coefficient (Wildman–Crippen LogP) is 1.09. The molecule has 0 aliphatic rings. The number of hydrogen-bond donors (Lipinski definition) is 0. The molecule has 0 atom stereocenters. The van der Waals surface area contributed by atoms with Crippen LogP contribution in [0.4, 0.5) is 0 Å². The molecule has 1 rings (SSSR count). The van der Waals surface area contributed by atoms with E-state index in [0.717, 1.165) is 0 Å². The predicted molar refractivity (Wildman–Crippen MR) is 62.7 cm³/mol. The van der Waals surface area contributed by atoms with Crippen LogP contribution in [0.5, 0.6) is 0 Å². The Morgan fingerprint density at radius 1 is 0.933 bits per heavy atom. The van der Waals surface area contributed by atoms with E-state index in [1.54, 1.807) is 0 Å². The van der Waals surface area contributed by atoms with Crippen LogP contribution in [0.15, 0.2) is 18.2 Å². The normalized spacial score (nSPS) is 12.1. The maximum absolute atomic E-state index is 3.32. The van der Waals surface area contributed by atoms with Gasteiger partial charge in [-0.25, -0.2) is 0 Å². The molecule has 0 aromatic heterocycles. The minimum atomic E-state index is 0. The summed E-state index contributed by atoms with van der Waals surface area (Å²) in [4.78, 5) is 0. The molecule has 1 heteroatoms. The van der Waals surface area contributed by atoms with Gasteiger partial charge in [-0.2, -0.15) is 35.4 Å². The van der Waals surface area contributed by atoms with Crippen molar-refractivity contribution in [2.24, 2.45) is 0 Å². The van der Waals surface area contributed by atoms with Gasteiger partial charge >= 0.3 is 18.9 Å². The Balaban J connectivity index is 0.00000196. The average Bonchev–Trinajstić information content (AvgIpc) is 2.01. The van der Waals surface area contributed by atoms with Crippen LogP contribution in [-0.2, 0) is 10.8 Å². The molecule has 0 nitrogen and oxygen atoms in total. The van der Waals surface area contributed by atoms with Gasteiger partial charge in [-0.1, -0.05) is 41.5 Å². The van der Waals surface area contributed by atoms with Gasteiger partial charge in [-0.05, 0) is 10.8 Å². The first kappa shape index (κ1) is 14.8. The largest absolute Gasteiger partial charge is 1.00 e. The van der Waals surface area contributed by atoms with Crippen molar-refractivity contribution in [1.82, 2.24) is 0 Å². The van der Waals surface area contributed by atoms with Crippen LogP contribution in [0.3, 0.4) is 0 Å². The zero-order valence-electron chi connectivity index (χ0n) is 11.2. The Kier molecular flexibility index (Phi) is 4.71. The van der Waals surface area contributed by atoms with Crippen molar-refractivity contribution in [3.63, 3.8) is 0 Å². The second kappa shape index (κ2) is 4.77. The summed E-state index contributed by atoms with van der Waals surface area (Å²) in [6.45, 7) is 13.4. The van der Waals surface area contributed by atoms with Crippen LogP contribution in [0.2, 0.25) is 0 Å². The van der Waals surface area contributed by atoms with E-state index in [-0.39, 0.29) is 29.7 Å². The van der Waals surface area contributed by atoms with Gasteiger partial charge in [0, 0.05) is 0 Å². The van der Waals surface area contributed by atoms with E-state index >= 15 is 0 Å². The third-order valence-corrected chi connectivity index (χ3v) is 2.48. The number of benzene rings is 1. The van der Waals surface area contributed by atoms with Crippen LogP contribution in [-0.4, -0.2) is 0 Å². The Morgan fingerprint density at radius 2 is 1.47 bits per heavy atom. The summed E-state index contributed by atoms with van der Waals surface area (Å²) in [5.41, 5.74) is 3.11. The van der Waals surface area contributed by atoms with Gasteiger partial charge < -0.3 is 0 Å². The molecule has 1 aromatic carbocycles. The summed E-state index contributed by atoms with van der Waals surface area (Å²) < 4.78 is 0. The second-order valence-corrected chi connectivity index (χ2v) is 5.99. The first-order valence-electron chi connectivity index (χ1n) is 5.24. The summed E-state index contributed by atoms with van der Waals surface area (Å²) in [6.07, 6.45) is 0. The third kappa shape index (κ3) is 4.05. The SMILES string of the molecule is CC(C)(C)c1[c-]ccc(C(C)(C)C)c1.[Li+]. The van der Waals surface area contributed by atoms with Crippen molar-refractivity contribution >= 4 is 0 Å². The fourth-order valence-electron chi connectivity index (χ4n) is 1.37. The van der Waals surface area contributed by atoms with E-state index in [9.17, 15) is 0 Å². The van der Waals surface area contributed by atoms with E-state index < -0.39 is 0 Å². The molecule has 0 heterocycles. The zero-order chi connectivity index (χ0) is 11.0. The minimum Gasteiger partial charge on any atom is -0.180 e. The summed E-state index contributed by atoms with van der Waals surface area (Å²) in [7, 11) is 0. The molecule has 0 N–H and O–H groups in total. The Bertz CT molecular complexity index is 284. The van der Waals surface area contributed by atoms with Crippen LogP contribution in [0.1, 0.15) is 52.7 Å². The molecule has 0 fully saturated rings. The van der Waals surface area contributed by atoms with E-state index in [1.165, 1.54) is 11.1 Å². The molecule has 0 unspecified atom stereocenters. The van der Waals surface area contributed by atoms with Gasteiger partial charge in [0.05, 0.1) is 0 Å². The van der Waals surface area contributed by atoms with Crippen molar-refractivity contribution in [3.8, 4) is 0 Å². The standard InChI is InChI=1S/C14H21.Li/c1-13(2,3)11-8-7-9-12(10-11)14(4,5)6;/h7-8,10H,1-6H3;/q-1;+1. The molecule has 0 bridgehead atoms. The minimum absolute atomic E-state index is 0. The molecule has 1 aromatic rings. The van der Waals surface area contributed by atoms with Gasteiger partial charge in [0.25, 0.3) is 0 Å². The van der Waals surface area contributed by atoms with Crippen LogP contribution in [0.25, 0.3) is 0 Å². The molecule has 0 saturated heterocycles. The van der Waals surface area contributed by atoms with Crippen molar-refractivity contribution in [2.45, 2.75) is 52.4 Å². The van der Waals surface area contributed by atoms with Crippen LogP contribution >= 0.6 is 0 Å². The van der Waals surface area contributed by atoms with Crippen LogP contribution in [0, 0.1) is 6.07 Å². The fourth-order valence-corrected chi connectivity index (χ4v) is 1.37. The van der Waals surface area contributed by atoms with Gasteiger partial charge in [0.2, 0.25) is 0 Å². The molecule has 0 amide bonds. The quantitative estimate of drug-likeness (QED) is 0.430. The van der Waals surface area contributed by atoms with Crippen molar-refractivity contribution in [3.05, 3.63) is 35.4 Å². The van der Waals surface area contributed by atoms with E-state index in [0.29, 0.717) is 0 Å². The smallest absolute Gasteiger partial charge is 0.180 e. The molecule has 15 heavy (non-hydrogen) atoms. The van der Waals surface area contributed by atoms with Gasteiger partial charge in [0.1, 0.15) is 0 Å². The first-order chi connectivity index (χ1) is 6.21. The Morgan fingerprint density at radius 3 is 1.87 bits per heavy atom. The monoisotopic (exact) mass is 196 g/mol. The van der Waals surface area contributed by atoms with Crippen molar-refractivity contribution < 1.29 is 18.9 Å². The first-order valence-corrected chi connectivity index (χ1v) is 5.24. The fraction of sp³-hybridized carbons (Fsp3) is 0.571. The maximum atomic E-state index is 3.32. The van der Waals surface area contributed by atoms with Gasteiger partial charge in [0.15, 0.2) is 0 Å². The summed E-state index contributed by atoms with van der Waals surface area (Å²) in [6, 6.07) is 9.80. The molecular weight excluding hydrogens is 175 g/mol. The van der Waals surface area contributed by atoms with E-state index in [2.05, 4.69) is 59.7 Å². The molecule has 0 aliphatic heterocycles. The summed E-state index contributed by atoms with van der Waals surface area (Å²) >= 11 is 0. The number of hydrogen-bond acceptors (Lipinski definition) is 0. The van der Waals surface area contributed by atoms with Gasteiger partial charge in [-0.15, -0.1) is 0 Å². The topological polar surface area (TPSA) is 0 Å². The second-order valence-electron chi connectivity index (χ2n) is 5.99. The zero-order valence-corrected chi connectivity index (χ0v) is 11.2. The molecule has 78 valence electrons. The average molecular weight is 196 g/mol. The Hall–Kier alpha value is -0.183. The van der Waals surface area contributed by atoms with Crippen molar-refractivity contribution in [2.75, 3.05) is 0 Å². The Labute approximate surface area is 107 Å². The summed E-state index contributed by atoms with van der Waals surface area (Å²) in [5, 5.41) is 0. The van der Waals surface area contributed by atoms with E-state index in [4.69, 9.17) is 0 Å². The molecule has 0 radical (unpaired) electrons. The molecular formula is C14H21Li. The molecule has 0 aliphatic carbocycles. The maximum Gasteiger partial charge on any atom is 1.00 e. The summed E-state index contributed by atoms with van der Waals surface area (Å²) in [5.74, 6) is 0. The third-order valence-electron chi connectivity index (χ3n) is 2.48. The van der Waals surface area contributed by atoms with Gasteiger partial charge in [-0.3, -0.25) is 0 Å². The molecule has 0 saturated carbocycles. The van der Waals surface area contributed by atoms with Crippen molar-refractivity contribution in [1.29, 1.82) is 0 Å². The molecule has 0 spiro atoms. The van der Waals surface area contributed by atoms with Crippen LogP contribution < -0.4 is 18.9 Å². The number of rotatable bonds is 0. The van der Waals surface area contributed by atoms with E-state index in [1.807, 2.05) is 6.07 Å².